The van der Waals surface area contributed by atoms with E-state index >= 15 is 0 Å². The van der Waals surface area contributed by atoms with Crippen LogP contribution in [0.15, 0.2) is 79.8 Å². The number of nitriles is 4. The van der Waals surface area contributed by atoms with Crippen molar-refractivity contribution in [3.8, 4) is 24.3 Å². The van der Waals surface area contributed by atoms with Gasteiger partial charge in [0, 0.05) is 24.5 Å². The van der Waals surface area contributed by atoms with Crippen LogP contribution < -0.4 is 45.5 Å². The minimum absolute atomic E-state index is 0. The average Bonchev–Trinajstić information content (AvgIpc) is 4.18. The first-order valence-corrected chi connectivity index (χ1v) is 30.8. The van der Waals surface area contributed by atoms with Crippen molar-refractivity contribution in [3.05, 3.63) is 120 Å². The summed E-state index contributed by atoms with van der Waals surface area (Å²) in [6, 6.07) is 19.1. The number of aliphatic hydroxyl groups excluding tert-OH is 1. The van der Waals surface area contributed by atoms with Crippen LogP contribution in [-0.2, 0) is 28.1 Å². The van der Waals surface area contributed by atoms with Crippen LogP contribution in [0, 0.1) is 45.3 Å². The Hall–Kier alpha value is -3.92. The molecule has 0 saturated heterocycles. The second-order valence-corrected chi connectivity index (χ2v) is 30.7. The fraction of sp³-hybridized carbons (Fsp3) is 0.244. The number of anilines is 6. The molecule has 30 heteroatoms. The van der Waals surface area contributed by atoms with E-state index in [0.717, 1.165) is 16.7 Å². The summed E-state index contributed by atoms with van der Waals surface area (Å²) in [5.41, 5.74) is 2.83. The zero-order chi connectivity index (χ0) is 52.3. The summed E-state index contributed by atoms with van der Waals surface area (Å²) < 4.78 is 25.7. The Morgan fingerprint density at radius 1 is 0.676 bits per heavy atom. The SMILES string of the molecule is CC(C)(C)[Si](C)(C)OCc1ccnc(Nc2ncc(C#N)s2)c1.CF.N#Cc1cnc(Cl)s1.N#Cc1cnc(Nc2cc(CCl)ccn2)s1.N#Cc1cnc(Nc2cc(CO)ccn2)s1.O=P(Cl)(Cl)Cl.[H-].[Na+]. The quantitative estimate of drug-likeness (QED) is 0.0532. The monoisotopic (exact) mass is 1180 g/mol. The molecule has 0 amide bonds. The van der Waals surface area contributed by atoms with Crippen LogP contribution in [0.1, 0.15) is 58.4 Å². The topological polar surface area (TPSA) is 268 Å². The van der Waals surface area contributed by atoms with Crippen molar-refractivity contribution in [2.45, 2.75) is 58.0 Å². The fourth-order valence-corrected chi connectivity index (χ4v) is 7.89. The Morgan fingerprint density at radius 3 is 1.32 bits per heavy atom. The number of aromatic nitrogens is 7. The molecular formula is C41H42Cl5FN14NaO3PS4Si. The molecule has 0 fully saturated rings. The summed E-state index contributed by atoms with van der Waals surface area (Å²) in [4.78, 5) is 30.6. The van der Waals surface area contributed by atoms with E-state index in [2.05, 4.69) is 124 Å². The van der Waals surface area contributed by atoms with Crippen LogP contribution in [0.4, 0.5) is 37.2 Å². The fourth-order valence-electron chi connectivity index (χ4n) is 4.16. The van der Waals surface area contributed by atoms with Crippen molar-refractivity contribution < 1.29 is 49.5 Å². The van der Waals surface area contributed by atoms with Crippen LogP contribution in [0.5, 0.6) is 0 Å². The molecule has 0 aliphatic carbocycles. The van der Waals surface area contributed by atoms with Crippen LogP contribution in [-0.4, -0.2) is 55.5 Å². The largest absolute Gasteiger partial charge is 1.00 e. The van der Waals surface area contributed by atoms with Gasteiger partial charge < -0.3 is 26.9 Å². The zero-order valence-electron chi connectivity index (χ0n) is 39.7. The number of alkyl halides is 2. The maximum absolute atomic E-state index is 9.51. The number of pyridine rings is 3. The molecule has 0 aliphatic rings. The number of nitrogens with zero attached hydrogens (tertiary/aromatic N) is 11. The molecule has 0 atom stereocenters. The van der Waals surface area contributed by atoms with Crippen LogP contribution in [0.3, 0.4) is 0 Å². The normalized spacial score (nSPS) is 10.2. The first-order valence-electron chi connectivity index (χ1n) is 19.3. The minimum Gasteiger partial charge on any atom is -1.00 e. The Labute approximate surface area is 475 Å². The standard InChI is InChI=1S/C16H22N4OSSi.C10H7ClN4S.C10H8N4OS.C4HClN2S.CH3F.Cl3OP.Na.H/c1-16(2,3)23(4,5)21-11-12-6-7-18-14(8-12)20-15-19-10-13(9-17)22-15;11-4-7-1-2-13-9(3-7)15-10-14-6-8(5-12)16-10;11-4-8-5-13-10(16-8)14-9-3-7(6-15)1-2-12-9;5-4-7-2-3(1-6)8-4;1-2;1-5(2,3)4;;/h6-8,10H,11H2,1-5H3,(H,18,19,20);1-3,6H,4H2,(H,13,14,15);1-3,5,15H,6H2,(H,12,13,14);2H;1H3;;;/q;;;;;;+1;-1. The zero-order valence-corrected chi connectivity index (χ0v) is 49.6. The number of halogens is 6. The van der Waals surface area contributed by atoms with E-state index in [9.17, 15) is 8.96 Å². The molecule has 17 nitrogen and oxygen atoms in total. The first kappa shape index (κ1) is 65.1. The molecule has 71 heavy (non-hydrogen) atoms. The van der Waals surface area contributed by atoms with E-state index in [1.54, 1.807) is 36.9 Å². The van der Waals surface area contributed by atoms with E-state index in [1.807, 2.05) is 42.5 Å². The van der Waals surface area contributed by atoms with Gasteiger partial charge in [-0.3, -0.25) is 8.96 Å². The van der Waals surface area contributed by atoms with Gasteiger partial charge in [0.15, 0.2) is 28.2 Å². The average molecular weight is 1190 g/mol. The number of hydrogen-bond acceptors (Lipinski definition) is 21. The third-order valence-electron chi connectivity index (χ3n) is 8.36. The van der Waals surface area contributed by atoms with Gasteiger partial charge in [-0.15, -0.1) is 11.6 Å². The van der Waals surface area contributed by atoms with E-state index < -0.39 is 13.5 Å². The Morgan fingerprint density at radius 2 is 1.01 bits per heavy atom. The Balaban J connectivity index is 0.000000920. The van der Waals surface area contributed by atoms with Crippen molar-refractivity contribution in [3.63, 3.8) is 0 Å². The van der Waals surface area contributed by atoms with Gasteiger partial charge in [0.1, 0.15) is 61.2 Å². The maximum atomic E-state index is 9.51. The number of hydrogen-bond donors (Lipinski definition) is 4. The predicted octanol–water partition coefficient (Wildman–Crippen LogP) is 11.4. The molecule has 4 N–H and O–H groups in total. The van der Waals surface area contributed by atoms with E-state index in [1.165, 1.54) is 63.9 Å². The van der Waals surface area contributed by atoms with Gasteiger partial charge in [-0.1, -0.05) is 77.7 Å². The second-order valence-electron chi connectivity index (χ2n) is 14.3. The van der Waals surface area contributed by atoms with E-state index in [-0.39, 0.29) is 42.6 Å². The summed E-state index contributed by atoms with van der Waals surface area (Å²) in [5, 5.41) is 51.3. The predicted molar refractivity (Wildman–Crippen MR) is 286 cm³/mol. The van der Waals surface area contributed by atoms with Crippen LogP contribution in [0.25, 0.3) is 0 Å². The molecule has 0 saturated carbocycles. The summed E-state index contributed by atoms with van der Waals surface area (Å²) in [5.74, 6) is 2.43. The Bertz CT molecular complexity index is 2840. The molecule has 0 spiro atoms. The number of rotatable bonds is 11. The van der Waals surface area contributed by atoms with Gasteiger partial charge in [-0.2, -0.15) is 21.0 Å². The van der Waals surface area contributed by atoms with Crippen molar-refractivity contribution in [2.75, 3.05) is 23.1 Å². The minimum atomic E-state index is -3.22. The smallest absolute Gasteiger partial charge is 1.00 e. The van der Waals surface area contributed by atoms with Gasteiger partial charge in [-0.25, -0.2) is 34.9 Å². The summed E-state index contributed by atoms with van der Waals surface area (Å²) in [6.07, 6.45) is 11.1. The van der Waals surface area contributed by atoms with Gasteiger partial charge in [0.05, 0.1) is 45.2 Å². The molecule has 7 aromatic heterocycles. The molecule has 0 aromatic carbocycles. The van der Waals surface area contributed by atoms with Crippen molar-refractivity contribution in [1.82, 2.24) is 34.9 Å². The number of nitrogens with one attached hydrogen (secondary N) is 3. The molecule has 0 aliphatic heterocycles. The molecule has 0 radical (unpaired) electrons. The third-order valence-corrected chi connectivity index (χ3v) is 16.6. The number of thiazole rings is 4. The molecule has 7 aromatic rings. The molecular weight excluding hydrogens is 1140 g/mol. The summed E-state index contributed by atoms with van der Waals surface area (Å²) >= 11 is 30.0. The molecule has 7 rings (SSSR count). The van der Waals surface area contributed by atoms with Gasteiger partial charge in [0.25, 0.3) is 0 Å². The van der Waals surface area contributed by atoms with Gasteiger partial charge in [-0.05, 0) is 105 Å². The maximum Gasteiger partial charge on any atom is 1.00 e. The Kier molecular flexibility index (Phi) is 30.9. The van der Waals surface area contributed by atoms with Crippen molar-refractivity contribution in [1.29, 1.82) is 21.0 Å². The van der Waals surface area contributed by atoms with Crippen LogP contribution >= 0.6 is 107 Å². The van der Waals surface area contributed by atoms with E-state index in [4.69, 9.17) is 53.8 Å². The first-order chi connectivity index (χ1) is 33.2. The van der Waals surface area contributed by atoms with Crippen molar-refractivity contribution >= 4 is 149 Å². The molecule has 0 unspecified atom stereocenters. The molecule has 370 valence electrons. The van der Waals surface area contributed by atoms with E-state index in [0.29, 0.717) is 76.5 Å². The molecule has 0 bridgehead atoms. The number of aliphatic hydroxyl groups is 1. The summed E-state index contributed by atoms with van der Waals surface area (Å²) in [6.45, 7) is 11.7. The van der Waals surface area contributed by atoms with Gasteiger partial charge in [0.2, 0.25) is 0 Å². The second kappa shape index (κ2) is 33.7. The summed E-state index contributed by atoms with van der Waals surface area (Å²) in [7, 11) is -1.27. The van der Waals surface area contributed by atoms with Crippen molar-refractivity contribution in [2.24, 2.45) is 0 Å². The molecule has 7 heterocycles. The van der Waals surface area contributed by atoms with Crippen LogP contribution in [0.2, 0.25) is 22.6 Å². The van der Waals surface area contributed by atoms with Gasteiger partial charge >= 0.3 is 34.8 Å². The third kappa shape index (κ3) is 26.6.